The summed E-state index contributed by atoms with van der Waals surface area (Å²) in [4.78, 5) is 38.3. The lowest BCUT2D eigenvalue weighted by molar-refractivity contribution is -0.133. The van der Waals surface area contributed by atoms with Crippen molar-refractivity contribution in [2.24, 2.45) is 0 Å². The third-order valence-electron chi connectivity index (χ3n) is 4.64. The lowest BCUT2D eigenvalue weighted by Gasteiger charge is -2.22. The Kier molecular flexibility index (Phi) is 4.07. The molecule has 0 bridgehead atoms. The van der Waals surface area contributed by atoms with E-state index in [-0.39, 0.29) is 0 Å². The number of nitrogens with zero attached hydrogens (tertiary/aromatic N) is 3. The number of halogens is 1. The van der Waals surface area contributed by atoms with Crippen molar-refractivity contribution in [3.05, 3.63) is 66.1 Å². The molecule has 2 N–H and O–H groups in total. The number of urea groups is 1. The van der Waals surface area contributed by atoms with Gasteiger partial charge in [-0.25, -0.2) is 13.7 Å². The molecule has 1 aliphatic rings. The number of hydrogen-bond donors (Lipinski definition) is 2. The van der Waals surface area contributed by atoms with E-state index in [1.807, 2.05) is 12.1 Å². The number of anilines is 1. The van der Waals surface area contributed by atoms with Crippen LogP contribution >= 0.6 is 0 Å². The quantitative estimate of drug-likeness (QED) is 0.675. The zero-order chi connectivity index (χ0) is 19.9. The molecule has 0 spiro atoms. The molecule has 0 saturated carbocycles. The lowest BCUT2D eigenvalue weighted by atomic mass is 9.92. The molecule has 2 aromatic heterocycles. The molecule has 1 fully saturated rings. The van der Waals surface area contributed by atoms with Gasteiger partial charge in [0.25, 0.3) is 5.91 Å². The number of amides is 4. The van der Waals surface area contributed by atoms with Gasteiger partial charge in [-0.2, -0.15) is 5.10 Å². The van der Waals surface area contributed by atoms with Crippen LogP contribution in [0.4, 0.5) is 15.0 Å². The maximum atomic E-state index is 13.2. The molecular weight excluding hydrogens is 365 g/mol. The fourth-order valence-electron chi connectivity index (χ4n) is 3.14. The number of imide groups is 1. The monoisotopic (exact) mass is 381 g/mol. The molecule has 1 atom stereocenters. The highest BCUT2D eigenvalue weighted by molar-refractivity contribution is 6.10. The second kappa shape index (κ2) is 6.45. The van der Waals surface area contributed by atoms with Gasteiger partial charge in [-0.05, 0) is 36.8 Å². The highest BCUT2D eigenvalue weighted by atomic mass is 19.1. The fourth-order valence-corrected chi connectivity index (χ4v) is 3.14. The number of fused-ring (bicyclic) bond motifs is 1. The Labute approximate surface area is 158 Å². The van der Waals surface area contributed by atoms with Crippen LogP contribution in [0, 0.1) is 5.82 Å². The number of rotatable bonds is 4. The topological polar surface area (TPSA) is 95.8 Å². The van der Waals surface area contributed by atoms with Gasteiger partial charge in [0.15, 0.2) is 5.82 Å². The first-order valence-electron chi connectivity index (χ1n) is 8.51. The summed E-state index contributed by atoms with van der Waals surface area (Å²) in [5, 5.41) is 9.35. The summed E-state index contributed by atoms with van der Waals surface area (Å²) in [7, 11) is 0. The van der Waals surface area contributed by atoms with Crippen LogP contribution in [-0.2, 0) is 15.1 Å². The molecule has 0 aliphatic carbocycles. The Morgan fingerprint density at radius 2 is 1.96 bits per heavy atom. The molecule has 8 nitrogen and oxygen atoms in total. The molecule has 28 heavy (non-hydrogen) atoms. The molecule has 142 valence electrons. The molecule has 4 rings (SSSR count). The lowest BCUT2D eigenvalue weighted by Crippen LogP contribution is -2.42. The molecule has 1 unspecified atom stereocenters. The first-order valence-corrected chi connectivity index (χ1v) is 8.51. The second-order valence-corrected chi connectivity index (χ2v) is 6.60. The molecule has 9 heteroatoms. The van der Waals surface area contributed by atoms with E-state index in [4.69, 9.17) is 0 Å². The fraction of sp³-hybridized carbons (Fsp3) is 0.158. The molecule has 1 aliphatic heterocycles. The number of carbonyl (C=O) groups is 3. The Balaban J connectivity index is 1.49. The number of benzene rings is 1. The number of hydrogen-bond acceptors (Lipinski definition) is 4. The van der Waals surface area contributed by atoms with E-state index in [1.165, 1.54) is 31.2 Å². The minimum absolute atomic E-state index is 0.310. The first-order chi connectivity index (χ1) is 13.4. The molecular formula is C19H16FN5O3. The molecule has 0 radical (unpaired) electrons. The van der Waals surface area contributed by atoms with Crippen LogP contribution in [0.25, 0.3) is 5.52 Å². The minimum Gasteiger partial charge on any atom is -0.319 e. The number of aromatic nitrogens is 2. The maximum Gasteiger partial charge on any atom is 0.325 e. The van der Waals surface area contributed by atoms with Crippen LogP contribution in [0.2, 0.25) is 0 Å². The zero-order valence-electron chi connectivity index (χ0n) is 14.8. The van der Waals surface area contributed by atoms with Crippen molar-refractivity contribution in [1.29, 1.82) is 0 Å². The van der Waals surface area contributed by atoms with Gasteiger partial charge in [0, 0.05) is 12.3 Å². The standard InChI is InChI=1S/C19H16FN5O3/c1-19(12-5-7-13(20)8-6-12)17(27)24(18(28)22-19)11-16(26)21-15-10-14-4-2-3-9-25(14)23-15/h2-10H,11H2,1H3,(H,22,28)(H,21,23,26). The average Bonchev–Trinajstić information content (AvgIpc) is 3.16. The van der Waals surface area contributed by atoms with E-state index >= 15 is 0 Å². The van der Waals surface area contributed by atoms with Gasteiger partial charge in [0.2, 0.25) is 5.91 Å². The molecule has 4 amide bonds. The van der Waals surface area contributed by atoms with Crippen molar-refractivity contribution in [2.45, 2.75) is 12.5 Å². The number of carbonyl (C=O) groups excluding carboxylic acids is 3. The van der Waals surface area contributed by atoms with E-state index < -0.39 is 35.7 Å². The predicted molar refractivity (Wildman–Crippen MR) is 97.8 cm³/mol. The van der Waals surface area contributed by atoms with Crippen molar-refractivity contribution >= 4 is 29.2 Å². The normalized spacial score (nSPS) is 19.1. The number of pyridine rings is 1. The van der Waals surface area contributed by atoms with Gasteiger partial charge in [-0.3, -0.25) is 14.5 Å². The highest BCUT2D eigenvalue weighted by Crippen LogP contribution is 2.28. The van der Waals surface area contributed by atoms with E-state index in [1.54, 1.807) is 22.8 Å². The summed E-state index contributed by atoms with van der Waals surface area (Å²) in [5.74, 6) is -1.29. The van der Waals surface area contributed by atoms with Crippen LogP contribution in [-0.4, -0.2) is 38.9 Å². The van der Waals surface area contributed by atoms with E-state index in [9.17, 15) is 18.8 Å². The second-order valence-electron chi connectivity index (χ2n) is 6.60. The van der Waals surface area contributed by atoms with Crippen molar-refractivity contribution in [1.82, 2.24) is 19.8 Å². The Morgan fingerprint density at radius 1 is 1.21 bits per heavy atom. The SMILES string of the molecule is CC1(c2ccc(F)cc2)NC(=O)N(CC(=O)Nc2cc3ccccn3n2)C1=O. The Bertz CT molecular complexity index is 1060. The molecule has 1 saturated heterocycles. The largest absolute Gasteiger partial charge is 0.325 e. The Hall–Kier alpha value is -3.75. The van der Waals surface area contributed by atoms with Crippen molar-refractivity contribution < 1.29 is 18.8 Å². The van der Waals surface area contributed by atoms with Crippen molar-refractivity contribution in [3.8, 4) is 0 Å². The van der Waals surface area contributed by atoms with Crippen LogP contribution in [0.1, 0.15) is 12.5 Å². The van der Waals surface area contributed by atoms with E-state index in [0.717, 1.165) is 10.4 Å². The molecule has 3 aromatic rings. The smallest absolute Gasteiger partial charge is 0.319 e. The Morgan fingerprint density at radius 3 is 2.68 bits per heavy atom. The minimum atomic E-state index is -1.37. The summed E-state index contributed by atoms with van der Waals surface area (Å²) in [5.41, 5.74) is -0.152. The average molecular weight is 381 g/mol. The van der Waals surface area contributed by atoms with Gasteiger partial charge in [-0.1, -0.05) is 18.2 Å². The van der Waals surface area contributed by atoms with Crippen molar-refractivity contribution in [3.63, 3.8) is 0 Å². The molecule has 3 heterocycles. The van der Waals surface area contributed by atoms with Crippen LogP contribution in [0.5, 0.6) is 0 Å². The first kappa shape index (κ1) is 17.7. The van der Waals surface area contributed by atoms with Crippen molar-refractivity contribution in [2.75, 3.05) is 11.9 Å². The van der Waals surface area contributed by atoms with Gasteiger partial charge in [0.1, 0.15) is 17.9 Å². The van der Waals surface area contributed by atoms with Crippen LogP contribution < -0.4 is 10.6 Å². The maximum absolute atomic E-state index is 13.2. The summed E-state index contributed by atoms with van der Waals surface area (Å²) in [6, 6.07) is 11.7. The highest BCUT2D eigenvalue weighted by Gasteiger charge is 2.49. The zero-order valence-corrected chi connectivity index (χ0v) is 14.8. The predicted octanol–water partition coefficient (Wildman–Crippen LogP) is 1.88. The third kappa shape index (κ3) is 2.96. The third-order valence-corrected chi connectivity index (χ3v) is 4.64. The van der Waals surface area contributed by atoms with E-state index in [0.29, 0.717) is 11.4 Å². The van der Waals surface area contributed by atoms with Gasteiger partial charge in [0.05, 0.1) is 5.52 Å². The summed E-state index contributed by atoms with van der Waals surface area (Å²) >= 11 is 0. The van der Waals surface area contributed by atoms with E-state index in [2.05, 4.69) is 15.7 Å². The van der Waals surface area contributed by atoms with Gasteiger partial charge in [-0.15, -0.1) is 0 Å². The summed E-state index contributed by atoms with van der Waals surface area (Å²) in [6.07, 6.45) is 1.73. The molecule has 1 aromatic carbocycles. The van der Waals surface area contributed by atoms with Crippen LogP contribution in [0.3, 0.4) is 0 Å². The van der Waals surface area contributed by atoms with Crippen LogP contribution in [0.15, 0.2) is 54.7 Å². The van der Waals surface area contributed by atoms with Gasteiger partial charge >= 0.3 is 6.03 Å². The summed E-state index contributed by atoms with van der Waals surface area (Å²) in [6.45, 7) is 1.05. The van der Waals surface area contributed by atoms with Gasteiger partial charge < -0.3 is 10.6 Å². The summed E-state index contributed by atoms with van der Waals surface area (Å²) < 4.78 is 14.8. The number of nitrogens with one attached hydrogen (secondary N) is 2.